The maximum atomic E-state index is 5.48. The summed E-state index contributed by atoms with van der Waals surface area (Å²) in [6.07, 6.45) is 3.45. The van der Waals surface area contributed by atoms with Crippen LogP contribution in [-0.2, 0) is 6.42 Å². The third kappa shape index (κ3) is 2.57. The molecular formula is C14H17N. The molecule has 0 amide bonds. The van der Waals surface area contributed by atoms with E-state index >= 15 is 0 Å². The first-order chi connectivity index (χ1) is 7.40. The Morgan fingerprint density at radius 3 is 2.47 bits per heavy atom. The molecule has 2 rings (SSSR count). The summed E-state index contributed by atoms with van der Waals surface area (Å²) in [7, 11) is 0. The highest BCUT2D eigenvalue weighted by Gasteiger charge is 1.95. The topological polar surface area (TPSA) is 26.0 Å². The first kappa shape index (κ1) is 10.2. The number of unbranched alkanes of at least 4 members (excludes halogenated alkanes) is 1. The van der Waals surface area contributed by atoms with Crippen molar-refractivity contribution in [1.29, 1.82) is 0 Å². The van der Waals surface area contributed by atoms with Crippen molar-refractivity contribution in [2.24, 2.45) is 5.73 Å². The van der Waals surface area contributed by atoms with Gasteiger partial charge in [0.2, 0.25) is 0 Å². The molecule has 0 spiro atoms. The van der Waals surface area contributed by atoms with E-state index in [0.717, 1.165) is 19.4 Å². The lowest BCUT2D eigenvalue weighted by Crippen LogP contribution is -1.98. The van der Waals surface area contributed by atoms with E-state index in [1.165, 1.54) is 22.8 Å². The number of rotatable bonds is 4. The van der Waals surface area contributed by atoms with E-state index < -0.39 is 0 Å². The second-order valence-electron chi connectivity index (χ2n) is 3.93. The van der Waals surface area contributed by atoms with Crippen LogP contribution in [0.4, 0.5) is 0 Å². The Labute approximate surface area is 90.9 Å². The van der Waals surface area contributed by atoms with E-state index in [-0.39, 0.29) is 0 Å². The van der Waals surface area contributed by atoms with Crippen molar-refractivity contribution >= 4 is 10.8 Å². The van der Waals surface area contributed by atoms with Crippen LogP contribution in [0.1, 0.15) is 18.4 Å². The third-order valence-corrected chi connectivity index (χ3v) is 2.73. The summed E-state index contributed by atoms with van der Waals surface area (Å²) in [6.45, 7) is 0.799. The molecule has 0 saturated carbocycles. The number of hydrogen-bond acceptors (Lipinski definition) is 1. The van der Waals surface area contributed by atoms with E-state index in [2.05, 4.69) is 42.5 Å². The first-order valence-corrected chi connectivity index (χ1v) is 5.58. The molecule has 0 aliphatic carbocycles. The number of benzene rings is 2. The highest BCUT2D eigenvalue weighted by Crippen LogP contribution is 2.16. The molecule has 15 heavy (non-hydrogen) atoms. The molecule has 2 N–H and O–H groups in total. The predicted molar refractivity (Wildman–Crippen MR) is 65.9 cm³/mol. The average molecular weight is 199 g/mol. The SMILES string of the molecule is NCCCCc1ccc2ccccc2c1. The fourth-order valence-electron chi connectivity index (χ4n) is 1.87. The van der Waals surface area contributed by atoms with Gasteiger partial charge in [-0.15, -0.1) is 0 Å². The Balaban J connectivity index is 2.16. The minimum atomic E-state index is 0.799. The van der Waals surface area contributed by atoms with Crippen molar-refractivity contribution in [2.75, 3.05) is 6.54 Å². The fourth-order valence-corrected chi connectivity index (χ4v) is 1.87. The van der Waals surface area contributed by atoms with Gasteiger partial charge in [0, 0.05) is 0 Å². The molecule has 78 valence electrons. The number of aryl methyl sites for hydroxylation is 1. The maximum Gasteiger partial charge on any atom is -0.00772 e. The van der Waals surface area contributed by atoms with E-state index in [9.17, 15) is 0 Å². The molecular weight excluding hydrogens is 182 g/mol. The second-order valence-corrected chi connectivity index (χ2v) is 3.93. The minimum Gasteiger partial charge on any atom is -0.330 e. The van der Waals surface area contributed by atoms with Gasteiger partial charge in [0.1, 0.15) is 0 Å². The van der Waals surface area contributed by atoms with Crippen molar-refractivity contribution in [3.8, 4) is 0 Å². The van der Waals surface area contributed by atoms with Crippen LogP contribution in [0, 0.1) is 0 Å². The highest BCUT2D eigenvalue weighted by atomic mass is 14.5. The molecule has 0 fully saturated rings. The summed E-state index contributed by atoms with van der Waals surface area (Å²) in [5.74, 6) is 0. The molecule has 1 nitrogen and oxygen atoms in total. The quantitative estimate of drug-likeness (QED) is 0.752. The first-order valence-electron chi connectivity index (χ1n) is 5.58. The molecule has 0 radical (unpaired) electrons. The normalized spacial score (nSPS) is 10.7. The molecule has 0 saturated heterocycles. The number of hydrogen-bond donors (Lipinski definition) is 1. The molecule has 0 aromatic heterocycles. The van der Waals surface area contributed by atoms with Crippen LogP contribution in [-0.4, -0.2) is 6.54 Å². The van der Waals surface area contributed by atoms with Crippen LogP contribution in [0.25, 0.3) is 10.8 Å². The summed E-state index contributed by atoms with van der Waals surface area (Å²) in [6, 6.07) is 15.2. The monoisotopic (exact) mass is 199 g/mol. The van der Waals surface area contributed by atoms with Gasteiger partial charge < -0.3 is 5.73 Å². The molecule has 0 heterocycles. The van der Waals surface area contributed by atoms with Gasteiger partial charge in [-0.05, 0) is 42.1 Å². The zero-order chi connectivity index (χ0) is 10.5. The van der Waals surface area contributed by atoms with Gasteiger partial charge in [0.15, 0.2) is 0 Å². The molecule has 1 heteroatoms. The molecule has 2 aromatic rings. The molecule has 0 aliphatic heterocycles. The van der Waals surface area contributed by atoms with E-state index in [0.29, 0.717) is 0 Å². The van der Waals surface area contributed by atoms with Crippen LogP contribution in [0.5, 0.6) is 0 Å². The zero-order valence-electron chi connectivity index (χ0n) is 8.95. The maximum absolute atomic E-state index is 5.48. The van der Waals surface area contributed by atoms with Crippen molar-refractivity contribution in [1.82, 2.24) is 0 Å². The minimum absolute atomic E-state index is 0.799. The average Bonchev–Trinajstić information content (AvgIpc) is 2.29. The Morgan fingerprint density at radius 1 is 0.867 bits per heavy atom. The van der Waals surface area contributed by atoms with Crippen molar-refractivity contribution < 1.29 is 0 Å². The smallest absolute Gasteiger partial charge is 0.00772 e. The largest absolute Gasteiger partial charge is 0.330 e. The summed E-state index contributed by atoms with van der Waals surface area (Å²) >= 11 is 0. The van der Waals surface area contributed by atoms with Crippen molar-refractivity contribution in [3.05, 3.63) is 48.0 Å². The fraction of sp³-hybridized carbons (Fsp3) is 0.286. The lowest BCUT2D eigenvalue weighted by atomic mass is 10.0. The summed E-state index contributed by atoms with van der Waals surface area (Å²) in [4.78, 5) is 0. The van der Waals surface area contributed by atoms with Crippen LogP contribution < -0.4 is 5.73 Å². The van der Waals surface area contributed by atoms with Gasteiger partial charge in [0.05, 0.1) is 0 Å². The summed E-state index contributed by atoms with van der Waals surface area (Å²) in [5.41, 5.74) is 6.90. The van der Waals surface area contributed by atoms with Crippen molar-refractivity contribution in [2.45, 2.75) is 19.3 Å². The predicted octanol–water partition coefficient (Wildman–Crippen LogP) is 3.12. The molecule has 2 aromatic carbocycles. The lowest BCUT2D eigenvalue weighted by molar-refractivity contribution is 0.745. The molecule has 0 atom stereocenters. The zero-order valence-corrected chi connectivity index (χ0v) is 8.95. The molecule has 0 unspecified atom stereocenters. The molecule has 0 bridgehead atoms. The van der Waals surface area contributed by atoms with Crippen LogP contribution in [0.15, 0.2) is 42.5 Å². The van der Waals surface area contributed by atoms with E-state index in [1.807, 2.05) is 0 Å². The molecule has 0 aliphatic rings. The third-order valence-electron chi connectivity index (χ3n) is 2.73. The van der Waals surface area contributed by atoms with Crippen LogP contribution in [0.3, 0.4) is 0 Å². The summed E-state index contributed by atoms with van der Waals surface area (Å²) < 4.78 is 0. The lowest BCUT2D eigenvalue weighted by Gasteiger charge is -2.03. The van der Waals surface area contributed by atoms with E-state index in [4.69, 9.17) is 5.73 Å². The number of nitrogens with two attached hydrogens (primary N) is 1. The summed E-state index contributed by atoms with van der Waals surface area (Å²) in [5, 5.41) is 2.66. The van der Waals surface area contributed by atoms with Gasteiger partial charge in [-0.3, -0.25) is 0 Å². The van der Waals surface area contributed by atoms with Crippen molar-refractivity contribution in [3.63, 3.8) is 0 Å². The van der Waals surface area contributed by atoms with Crippen LogP contribution in [0.2, 0.25) is 0 Å². The second kappa shape index (κ2) is 4.94. The Kier molecular flexibility index (Phi) is 3.36. The van der Waals surface area contributed by atoms with Gasteiger partial charge >= 0.3 is 0 Å². The highest BCUT2D eigenvalue weighted by molar-refractivity contribution is 5.82. The van der Waals surface area contributed by atoms with Gasteiger partial charge in [0.25, 0.3) is 0 Å². The van der Waals surface area contributed by atoms with Gasteiger partial charge in [-0.25, -0.2) is 0 Å². The van der Waals surface area contributed by atoms with Crippen LogP contribution >= 0.6 is 0 Å². The van der Waals surface area contributed by atoms with E-state index in [1.54, 1.807) is 0 Å². The Morgan fingerprint density at radius 2 is 1.67 bits per heavy atom. The number of fused-ring (bicyclic) bond motifs is 1. The Hall–Kier alpha value is -1.34. The standard InChI is InChI=1S/C14H17N/c15-10-4-3-5-12-8-9-13-6-1-2-7-14(13)11-12/h1-2,6-9,11H,3-5,10,15H2. The van der Waals surface area contributed by atoms with Gasteiger partial charge in [-0.2, -0.15) is 0 Å². The Bertz CT molecular complexity index is 434. The van der Waals surface area contributed by atoms with Gasteiger partial charge in [-0.1, -0.05) is 42.5 Å².